The zero-order chi connectivity index (χ0) is 19.2. The molecule has 25 heavy (non-hydrogen) atoms. The quantitative estimate of drug-likeness (QED) is 0.656. The van der Waals surface area contributed by atoms with Crippen molar-refractivity contribution in [2.75, 3.05) is 27.0 Å². The van der Waals surface area contributed by atoms with Crippen molar-refractivity contribution in [3.05, 3.63) is 23.8 Å². The summed E-state index contributed by atoms with van der Waals surface area (Å²) in [6.45, 7) is 5.84. The zero-order valence-electron chi connectivity index (χ0n) is 15.8. The van der Waals surface area contributed by atoms with Crippen molar-refractivity contribution in [3.63, 3.8) is 0 Å². The average molecular weight is 372 g/mol. The van der Waals surface area contributed by atoms with Crippen molar-refractivity contribution in [2.45, 2.75) is 39.8 Å². The van der Waals surface area contributed by atoms with E-state index in [1.807, 2.05) is 13.8 Å². The Morgan fingerprint density at radius 2 is 1.84 bits per heavy atom. The van der Waals surface area contributed by atoms with Gasteiger partial charge in [-0.05, 0) is 38.0 Å². The second-order valence-corrected chi connectivity index (χ2v) is 7.84. The van der Waals surface area contributed by atoms with Crippen LogP contribution < -0.4 is 8.92 Å². The van der Waals surface area contributed by atoms with Crippen molar-refractivity contribution >= 4 is 16.1 Å². The standard InChI is InChI=1S/C17H28N2O5S/c1-7-13(3)19(17(20)18(4)5)12-14-9-10-15(23-6)16(11-14)24-25(21,22)8-2/h9-11,13H,7-8,12H2,1-6H3/t13-/m1/s1. The number of nitrogens with zero attached hydrogens (tertiary/aromatic N) is 2. The molecule has 0 spiro atoms. The third kappa shape index (κ3) is 5.81. The van der Waals surface area contributed by atoms with Crippen molar-refractivity contribution in [1.82, 2.24) is 9.80 Å². The van der Waals surface area contributed by atoms with Gasteiger partial charge in [0.05, 0.1) is 12.9 Å². The maximum Gasteiger partial charge on any atom is 0.320 e. The Kier molecular flexibility index (Phi) is 7.54. The predicted octanol–water partition coefficient (Wildman–Crippen LogP) is 2.71. The molecule has 0 saturated heterocycles. The van der Waals surface area contributed by atoms with E-state index in [-0.39, 0.29) is 23.6 Å². The number of carbonyl (C=O) groups excluding carboxylic acids is 1. The summed E-state index contributed by atoms with van der Waals surface area (Å²) in [7, 11) is 1.18. The Morgan fingerprint density at radius 1 is 1.20 bits per heavy atom. The highest BCUT2D eigenvalue weighted by Gasteiger charge is 2.22. The first-order chi connectivity index (χ1) is 11.6. The molecule has 1 aromatic carbocycles. The Bertz CT molecular complexity index is 688. The first-order valence-electron chi connectivity index (χ1n) is 8.22. The minimum Gasteiger partial charge on any atom is -0.493 e. The summed E-state index contributed by atoms with van der Waals surface area (Å²) in [6, 6.07) is 4.98. The molecular weight excluding hydrogens is 344 g/mol. The Hall–Kier alpha value is -1.96. The van der Waals surface area contributed by atoms with Gasteiger partial charge in [0.15, 0.2) is 11.5 Å². The molecule has 1 aromatic rings. The van der Waals surface area contributed by atoms with Crippen LogP contribution in [0.25, 0.3) is 0 Å². The molecule has 1 rings (SSSR count). The van der Waals surface area contributed by atoms with Gasteiger partial charge in [0.2, 0.25) is 0 Å². The number of methoxy groups -OCH3 is 1. The van der Waals surface area contributed by atoms with Gasteiger partial charge in [-0.1, -0.05) is 13.0 Å². The number of urea groups is 1. The molecule has 0 aliphatic heterocycles. The molecule has 0 saturated carbocycles. The molecule has 0 aliphatic rings. The highest BCUT2D eigenvalue weighted by Crippen LogP contribution is 2.30. The van der Waals surface area contributed by atoms with Gasteiger partial charge in [0.25, 0.3) is 0 Å². The van der Waals surface area contributed by atoms with Crippen LogP contribution in [-0.4, -0.2) is 57.2 Å². The Labute approximate surface area is 150 Å². The SMILES string of the molecule is CC[C@@H](C)N(Cc1ccc(OC)c(OS(=O)(=O)CC)c1)C(=O)N(C)C. The van der Waals surface area contributed by atoms with Gasteiger partial charge in [-0.25, -0.2) is 4.79 Å². The molecule has 0 N–H and O–H groups in total. The van der Waals surface area contributed by atoms with Crippen LogP contribution in [-0.2, 0) is 16.7 Å². The molecule has 0 unspecified atom stereocenters. The lowest BCUT2D eigenvalue weighted by Crippen LogP contribution is -2.43. The number of rotatable bonds is 8. The lowest BCUT2D eigenvalue weighted by Gasteiger charge is -2.31. The van der Waals surface area contributed by atoms with E-state index in [1.54, 1.807) is 37.2 Å². The fraction of sp³-hybridized carbons (Fsp3) is 0.588. The molecule has 2 amide bonds. The number of hydrogen-bond acceptors (Lipinski definition) is 5. The highest BCUT2D eigenvalue weighted by atomic mass is 32.2. The van der Waals surface area contributed by atoms with Gasteiger partial charge in [-0.15, -0.1) is 0 Å². The van der Waals surface area contributed by atoms with Crippen LogP contribution in [0.1, 0.15) is 32.8 Å². The van der Waals surface area contributed by atoms with Crippen LogP contribution in [0.4, 0.5) is 4.79 Å². The summed E-state index contributed by atoms with van der Waals surface area (Å²) >= 11 is 0. The van der Waals surface area contributed by atoms with Gasteiger partial charge >= 0.3 is 16.1 Å². The van der Waals surface area contributed by atoms with Gasteiger partial charge in [-0.2, -0.15) is 8.42 Å². The lowest BCUT2D eigenvalue weighted by molar-refractivity contribution is 0.148. The lowest BCUT2D eigenvalue weighted by atomic mass is 10.1. The molecule has 1 atom stereocenters. The molecule has 0 bridgehead atoms. The van der Waals surface area contributed by atoms with Crippen molar-refractivity contribution in [2.24, 2.45) is 0 Å². The zero-order valence-corrected chi connectivity index (χ0v) is 16.6. The van der Waals surface area contributed by atoms with Crippen LogP contribution in [0, 0.1) is 0 Å². The molecule has 0 heterocycles. The van der Waals surface area contributed by atoms with Gasteiger partial charge < -0.3 is 18.7 Å². The minimum atomic E-state index is -3.67. The van der Waals surface area contributed by atoms with E-state index in [9.17, 15) is 13.2 Å². The van der Waals surface area contributed by atoms with Crippen LogP contribution >= 0.6 is 0 Å². The molecule has 7 nitrogen and oxygen atoms in total. The molecule has 0 aromatic heterocycles. The van der Waals surface area contributed by atoms with E-state index in [4.69, 9.17) is 8.92 Å². The fourth-order valence-electron chi connectivity index (χ4n) is 2.17. The summed E-state index contributed by atoms with van der Waals surface area (Å²) < 4.78 is 33.8. The summed E-state index contributed by atoms with van der Waals surface area (Å²) in [5, 5.41) is 0. The monoisotopic (exact) mass is 372 g/mol. The van der Waals surface area contributed by atoms with Gasteiger partial charge in [-0.3, -0.25) is 0 Å². The fourth-order valence-corrected chi connectivity index (χ4v) is 2.69. The van der Waals surface area contributed by atoms with Crippen molar-refractivity contribution < 1.29 is 22.1 Å². The van der Waals surface area contributed by atoms with Crippen LogP contribution in [0.2, 0.25) is 0 Å². The van der Waals surface area contributed by atoms with Crippen molar-refractivity contribution in [3.8, 4) is 11.5 Å². The molecule has 0 radical (unpaired) electrons. The third-order valence-electron chi connectivity index (χ3n) is 3.90. The van der Waals surface area contributed by atoms with Gasteiger partial charge in [0.1, 0.15) is 0 Å². The third-order valence-corrected chi connectivity index (χ3v) is 5.04. The summed E-state index contributed by atoms with van der Waals surface area (Å²) in [6.07, 6.45) is 0.809. The smallest absolute Gasteiger partial charge is 0.320 e. The van der Waals surface area contributed by atoms with Crippen LogP contribution in [0.3, 0.4) is 0 Å². The molecule has 8 heteroatoms. The van der Waals surface area contributed by atoms with E-state index >= 15 is 0 Å². The number of ether oxygens (including phenoxy) is 1. The first-order valence-corrected chi connectivity index (χ1v) is 9.79. The molecule has 0 fully saturated rings. The van der Waals surface area contributed by atoms with Gasteiger partial charge in [0, 0.05) is 26.7 Å². The van der Waals surface area contributed by atoms with Crippen LogP contribution in [0.5, 0.6) is 11.5 Å². The minimum absolute atomic E-state index is 0.0424. The Balaban J connectivity index is 3.17. The van der Waals surface area contributed by atoms with E-state index in [0.717, 1.165) is 12.0 Å². The molecular formula is C17H28N2O5S. The normalized spacial score (nSPS) is 12.4. The number of hydrogen-bond donors (Lipinski definition) is 0. The van der Waals surface area contributed by atoms with Crippen LogP contribution in [0.15, 0.2) is 18.2 Å². The van der Waals surface area contributed by atoms with E-state index < -0.39 is 10.1 Å². The largest absolute Gasteiger partial charge is 0.493 e. The molecule has 142 valence electrons. The van der Waals surface area contributed by atoms with E-state index in [2.05, 4.69) is 0 Å². The number of benzene rings is 1. The second kappa shape index (κ2) is 8.94. The van der Waals surface area contributed by atoms with Crippen molar-refractivity contribution in [1.29, 1.82) is 0 Å². The summed E-state index contributed by atoms with van der Waals surface area (Å²) in [5.41, 5.74) is 0.762. The Morgan fingerprint density at radius 3 is 2.32 bits per heavy atom. The van der Waals surface area contributed by atoms with E-state index in [1.165, 1.54) is 18.9 Å². The topological polar surface area (TPSA) is 76.1 Å². The summed E-state index contributed by atoms with van der Waals surface area (Å²) in [4.78, 5) is 15.7. The maximum absolute atomic E-state index is 12.4. The molecule has 0 aliphatic carbocycles. The number of carbonyl (C=O) groups is 1. The average Bonchev–Trinajstić information content (AvgIpc) is 2.58. The second-order valence-electron chi connectivity index (χ2n) is 5.98. The summed E-state index contributed by atoms with van der Waals surface area (Å²) in [5.74, 6) is 0.316. The number of amides is 2. The maximum atomic E-state index is 12.4. The van der Waals surface area contributed by atoms with E-state index in [0.29, 0.717) is 12.3 Å². The highest BCUT2D eigenvalue weighted by molar-refractivity contribution is 7.87. The first kappa shape index (κ1) is 21.1. The predicted molar refractivity (Wildman–Crippen MR) is 97.5 cm³/mol.